The SMILES string of the molecule is CC(=O)n1cc(-c2cc(Oc3cnc(C)nc3N)c(C(C)C)cn2)cn1. The van der Waals surface area contributed by atoms with Crippen molar-refractivity contribution in [1.82, 2.24) is 24.7 Å². The summed E-state index contributed by atoms with van der Waals surface area (Å²) in [6.07, 6.45) is 6.53. The molecule has 0 fully saturated rings. The number of aromatic nitrogens is 5. The van der Waals surface area contributed by atoms with Gasteiger partial charge in [0.1, 0.15) is 11.6 Å². The van der Waals surface area contributed by atoms with Gasteiger partial charge in [0.2, 0.25) is 5.91 Å². The number of pyridine rings is 1. The largest absolute Gasteiger partial charge is 0.451 e. The van der Waals surface area contributed by atoms with E-state index in [1.54, 1.807) is 37.8 Å². The smallest absolute Gasteiger partial charge is 0.243 e. The molecule has 3 rings (SSSR count). The van der Waals surface area contributed by atoms with Crippen LogP contribution < -0.4 is 10.5 Å². The Morgan fingerprint density at radius 2 is 1.96 bits per heavy atom. The van der Waals surface area contributed by atoms with Crippen LogP contribution >= 0.6 is 0 Å². The Morgan fingerprint density at radius 1 is 1.19 bits per heavy atom. The highest BCUT2D eigenvalue weighted by Gasteiger charge is 2.15. The van der Waals surface area contributed by atoms with Crippen molar-refractivity contribution >= 4 is 11.7 Å². The lowest BCUT2D eigenvalue weighted by Crippen LogP contribution is -2.04. The monoisotopic (exact) mass is 352 g/mol. The molecule has 0 spiro atoms. The van der Waals surface area contributed by atoms with Gasteiger partial charge in [-0.1, -0.05) is 13.8 Å². The number of aryl methyl sites for hydroxylation is 1. The zero-order chi connectivity index (χ0) is 18.8. The van der Waals surface area contributed by atoms with E-state index in [2.05, 4.69) is 20.1 Å². The number of carbonyl (C=O) groups excluding carboxylic acids is 1. The van der Waals surface area contributed by atoms with E-state index in [1.807, 2.05) is 13.8 Å². The normalized spacial score (nSPS) is 11.0. The van der Waals surface area contributed by atoms with Gasteiger partial charge in [0.05, 0.1) is 18.1 Å². The van der Waals surface area contributed by atoms with Gasteiger partial charge >= 0.3 is 0 Å². The van der Waals surface area contributed by atoms with Crippen LogP contribution in [0.5, 0.6) is 11.5 Å². The lowest BCUT2D eigenvalue weighted by Gasteiger charge is -2.15. The zero-order valence-corrected chi connectivity index (χ0v) is 15.1. The molecule has 0 unspecified atom stereocenters. The van der Waals surface area contributed by atoms with Crippen molar-refractivity contribution in [3.8, 4) is 22.8 Å². The maximum Gasteiger partial charge on any atom is 0.243 e. The predicted molar refractivity (Wildman–Crippen MR) is 97.1 cm³/mol. The van der Waals surface area contributed by atoms with Gasteiger partial charge in [-0.3, -0.25) is 9.78 Å². The van der Waals surface area contributed by atoms with Gasteiger partial charge in [-0.2, -0.15) is 5.10 Å². The Balaban J connectivity index is 2.02. The minimum absolute atomic E-state index is 0.170. The minimum atomic E-state index is -0.170. The topological polar surface area (TPSA) is 109 Å². The first kappa shape index (κ1) is 17.5. The van der Waals surface area contributed by atoms with Crippen molar-refractivity contribution in [3.63, 3.8) is 0 Å². The fourth-order valence-electron chi connectivity index (χ4n) is 2.43. The summed E-state index contributed by atoms with van der Waals surface area (Å²) < 4.78 is 7.25. The van der Waals surface area contributed by atoms with Gasteiger partial charge in [0, 0.05) is 36.5 Å². The lowest BCUT2D eigenvalue weighted by molar-refractivity contribution is 0.0921. The molecule has 2 N–H and O–H groups in total. The molecule has 0 aliphatic carbocycles. The van der Waals surface area contributed by atoms with E-state index in [0.717, 1.165) is 5.56 Å². The number of nitrogens with two attached hydrogens (primary N) is 1. The number of nitrogen functional groups attached to an aromatic ring is 1. The van der Waals surface area contributed by atoms with Crippen molar-refractivity contribution < 1.29 is 9.53 Å². The second-order valence-electron chi connectivity index (χ2n) is 6.22. The molecule has 0 saturated carbocycles. The molecule has 3 aromatic heterocycles. The van der Waals surface area contributed by atoms with E-state index < -0.39 is 0 Å². The van der Waals surface area contributed by atoms with Crippen molar-refractivity contribution in [2.75, 3.05) is 5.73 Å². The maximum atomic E-state index is 11.4. The van der Waals surface area contributed by atoms with Gasteiger partial charge in [0.15, 0.2) is 11.6 Å². The van der Waals surface area contributed by atoms with Crippen LogP contribution in [0.1, 0.15) is 42.9 Å². The number of ether oxygens (including phenoxy) is 1. The van der Waals surface area contributed by atoms with E-state index in [1.165, 1.54) is 11.6 Å². The second-order valence-corrected chi connectivity index (χ2v) is 6.22. The molecule has 0 bridgehead atoms. The molecule has 8 heteroatoms. The van der Waals surface area contributed by atoms with Crippen molar-refractivity contribution in [2.24, 2.45) is 0 Å². The van der Waals surface area contributed by atoms with E-state index in [4.69, 9.17) is 10.5 Å². The van der Waals surface area contributed by atoms with E-state index in [9.17, 15) is 4.79 Å². The van der Waals surface area contributed by atoms with Crippen molar-refractivity contribution in [2.45, 2.75) is 33.6 Å². The molecule has 134 valence electrons. The van der Waals surface area contributed by atoms with Crippen LogP contribution in [0.25, 0.3) is 11.3 Å². The molecular weight excluding hydrogens is 332 g/mol. The molecule has 0 aromatic carbocycles. The highest BCUT2D eigenvalue weighted by atomic mass is 16.5. The summed E-state index contributed by atoms with van der Waals surface area (Å²) in [5.74, 6) is 1.87. The number of hydrogen-bond acceptors (Lipinski definition) is 7. The van der Waals surface area contributed by atoms with Crippen LogP contribution in [-0.4, -0.2) is 30.6 Å². The van der Waals surface area contributed by atoms with Crippen molar-refractivity contribution in [1.29, 1.82) is 0 Å². The molecule has 8 nitrogen and oxygen atoms in total. The van der Waals surface area contributed by atoms with Gasteiger partial charge < -0.3 is 10.5 Å². The summed E-state index contributed by atoms with van der Waals surface area (Å²) in [5, 5.41) is 4.03. The van der Waals surface area contributed by atoms with Gasteiger partial charge in [-0.05, 0) is 12.8 Å². The van der Waals surface area contributed by atoms with E-state index in [-0.39, 0.29) is 17.6 Å². The molecule has 0 aliphatic heterocycles. The van der Waals surface area contributed by atoms with Gasteiger partial charge in [0.25, 0.3) is 0 Å². The summed E-state index contributed by atoms with van der Waals surface area (Å²) >= 11 is 0. The Kier molecular flexibility index (Phi) is 4.66. The Hall–Kier alpha value is -3.29. The summed E-state index contributed by atoms with van der Waals surface area (Å²) in [6, 6.07) is 1.80. The first-order valence-corrected chi connectivity index (χ1v) is 8.18. The van der Waals surface area contributed by atoms with Crippen LogP contribution in [-0.2, 0) is 0 Å². The fraction of sp³-hybridized carbons (Fsp3) is 0.278. The third-order valence-corrected chi connectivity index (χ3v) is 3.84. The first-order chi connectivity index (χ1) is 12.3. The van der Waals surface area contributed by atoms with E-state index >= 15 is 0 Å². The number of rotatable bonds is 4. The minimum Gasteiger partial charge on any atom is -0.451 e. The standard InChI is InChI=1S/C18H20N6O2/c1-10(2)14-7-21-15(13-6-22-24(9-13)12(4)25)5-16(14)26-17-8-20-11(3)23-18(17)19/h5-10H,1-4H3,(H2,19,20,23). The lowest BCUT2D eigenvalue weighted by atomic mass is 10.0. The van der Waals surface area contributed by atoms with Crippen LogP contribution in [0.4, 0.5) is 5.82 Å². The number of anilines is 1. The second kappa shape index (κ2) is 6.91. The third kappa shape index (κ3) is 3.53. The molecule has 0 saturated heterocycles. The number of hydrogen-bond donors (Lipinski definition) is 1. The molecule has 0 amide bonds. The van der Waals surface area contributed by atoms with Crippen LogP contribution in [0.15, 0.2) is 30.9 Å². The quantitative estimate of drug-likeness (QED) is 0.768. The molecular formula is C18H20N6O2. The van der Waals surface area contributed by atoms with Gasteiger partial charge in [-0.25, -0.2) is 14.6 Å². The number of nitrogens with zero attached hydrogens (tertiary/aromatic N) is 5. The average Bonchev–Trinajstić information content (AvgIpc) is 3.07. The zero-order valence-electron chi connectivity index (χ0n) is 15.1. The highest BCUT2D eigenvalue weighted by molar-refractivity contribution is 5.76. The summed E-state index contributed by atoms with van der Waals surface area (Å²) in [6.45, 7) is 7.30. The molecule has 3 aromatic rings. The predicted octanol–water partition coefficient (Wildman–Crippen LogP) is 3.20. The molecule has 3 heterocycles. The average molecular weight is 352 g/mol. The molecule has 0 atom stereocenters. The Labute approximate surface area is 151 Å². The molecule has 26 heavy (non-hydrogen) atoms. The molecule has 0 radical (unpaired) electrons. The van der Waals surface area contributed by atoms with Crippen LogP contribution in [0.3, 0.4) is 0 Å². The summed E-state index contributed by atoms with van der Waals surface area (Å²) in [4.78, 5) is 24.2. The molecule has 0 aliphatic rings. The highest BCUT2D eigenvalue weighted by Crippen LogP contribution is 2.34. The first-order valence-electron chi connectivity index (χ1n) is 8.18. The third-order valence-electron chi connectivity index (χ3n) is 3.84. The summed E-state index contributed by atoms with van der Waals surface area (Å²) in [7, 11) is 0. The van der Waals surface area contributed by atoms with Crippen LogP contribution in [0, 0.1) is 6.92 Å². The Bertz CT molecular complexity index is 964. The van der Waals surface area contributed by atoms with Crippen LogP contribution in [0.2, 0.25) is 0 Å². The Morgan fingerprint density at radius 3 is 2.58 bits per heavy atom. The van der Waals surface area contributed by atoms with Crippen molar-refractivity contribution in [3.05, 3.63) is 42.2 Å². The summed E-state index contributed by atoms with van der Waals surface area (Å²) in [5.41, 5.74) is 8.22. The maximum absolute atomic E-state index is 11.4. The fourth-order valence-corrected chi connectivity index (χ4v) is 2.43. The number of carbonyl (C=O) groups is 1. The van der Waals surface area contributed by atoms with Gasteiger partial charge in [-0.15, -0.1) is 0 Å². The van der Waals surface area contributed by atoms with E-state index in [0.29, 0.717) is 28.6 Å².